The fraction of sp³-hybridized carbons (Fsp3) is 0.571. The molecule has 5 heteroatoms. The van der Waals surface area contributed by atoms with Gasteiger partial charge < -0.3 is 24.6 Å². The predicted molar refractivity (Wildman–Crippen MR) is 73.1 cm³/mol. The SMILES string of the molecule is COc1cc(C)c(NCC2(CO)COC2)cc1OC. The summed E-state index contributed by atoms with van der Waals surface area (Å²) in [6, 6.07) is 3.85. The largest absolute Gasteiger partial charge is 0.493 e. The van der Waals surface area contributed by atoms with Crippen LogP contribution in [-0.2, 0) is 4.74 Å². The Morgan fingerprint density at radius 2 is 1.89 bits per heavy atom. The molecule has 1 aliphatic heterocycles. The van der Waals surface area contributed by atoms with Crippen molar-refractivity contribution in [1.29, 1.82) is 0 Å². The number of aliphatic hydroxyl groups is 1. The van der Waals surface area contributed by atoms with Gasteiger partial charge in [-0.05, 0) is 18.6 Å². The molecule has 1 fully saturated rings. The minimum Gasteiger partial charge on any atom is -0.493 e. The fourth-order valence-corrected chi connectivity index (χ4v) is 2.09. The molecular weight excluding hydrogens is 246 g/mol. The summed E-state index contributed by atoms with van der Waals surface area (Å²) in [5.74, 6) is 1.41. The summed E-state index contributed by atoms with van der Waals surface area (Å²) in [6.45, 7) is 4.02. The number of methoxy groups -OCH3 is 2. The molecular formula is C14H21NO4. The Kier molecular flexibility index (Phi) is 4.17. The Hall–Kier alpha value is -1.46. The van der Waals surface area contributed by atoms with Crippen LogP contribution in [0.2, 0.25) is 0 Å². The van der Waals surface area contributed by atoms with Crippen LogP contribution in [-0.4, -0.2) is 45.7 Å². The molecule has 1 saturated heterocycles. The highest BCUT2D eigenvalue weighted by atomic mass is 16.5. The second-order valence-corrected chi connectivity index (χ2v) is 5.03. The summed E-state index contributed by atoms with van der Waals surface area (Å²) >= 11 is 0. The molecule has 0 aromatic heterocycles. The number of hydrogen-bond acceptors (Lipinski definition) is 5. The first-order valence-electron chi connectivity index (χ1n) is 6.29. The molecule has 2 rings (SSSR count). The molecule has 19 heavy (non-hydrogen) atoms. The summed E-state index contributed by atoms with van der Waals surface area (Å²) in [5.41, 5.74) is 1.91. The quantitative estimate of drug-likeness (QED) is 0.816. The molecule has 0 bridgehead atoms. The standard InChI is InChI=1S/C14H21NO4/c1-10-4-12(17-2)13(18-3)5-11(10)15-6-14(7-16)8-19-9-14/h4-5,15-16H,6-9H2,1-3H3. The third-order valence-corrected chi connectivity index (χ3v) is 3.54. The van der Waals surface area contributed by atoms with Crippen LogP contribution >= 0.6 is 0 Å². The van der Waals surface area contributed by atoms with E-state index in [9.17, 15) is 5.11 Å². The normalized spacial score (nSPS) is 16.6. The number of benzene rings is 1. The summed E-state index contributed by atoms with van der Waals surface area (Å²) in [5, 5.41) is 12.8. The Morgan fingerprint density at radius 3 is 2.37 bits per heavy atom. The van der Waals surface area contributed by atoms with Gasteiger partial charge in [-0.2, -0.15) is 0 Å². The van der Waals surface area contributed by atoms with Crippen molar-refractivity contribution in [3.8, 4) is 11.5 Å². The van der Waals surface area contributed by atoms with Crippen molar-refractivity contribution < 1.29 is 19.3 Å². The number of hydrogen-bond donors (Lipinski definition) is 2. The molecule has 5 nitrogen and oxygen atoms in total. The molecule has 0 saturated carbocycles. The van der Waals surface area contributed by atoms with Gasteiger partial charge in [0.25, 0.3) is 0 Å². The van der Waals surface area contributed by atoms with Crippen molar-refractivity contribution in [2.75, 3.05) is 45.9 Å². The van der Waals surface area contributed by atoms with Crippen molar-refractivity contribution in [2.45, 2.75) is 6.92 Å². The molecule has 0 unspecified atom stereocenters. The highest BCUT2D eigenvalue weighted by molar-refractivity contribution is 5.60. The molecule has 1 heterocycles. The van der Waals surface area contributed by atoms with E-state index in [-0.39, 0.29) is 12.0 Å². The van der Waals surface area contributed by atoms with Crippen LogP contribution in [0.4, 0.5) is 5.69 Å². The minimum absolute atomic E-state index is 0.131. The first-order valence-corrected chi connectivity index (χ1v) is 6.29. The molecule has 0 atom stereocenters. The molecule has 0 spiro atoms. The fourth-order valence-electron chi connectivity index (χ4n) is 2.09. The van der Waals surface area contributed by atoms with E-state index in [0.717, 1.165) is 17.0 Å². The molecule has 0 radical (unpaired) electrons. The number of anilines is 1. The van der Waals surface area contributed by atoms with E-state index in [4.69, 9.17) is 14.2 Å². The summed E-state index contributed by atoms with van der Waals surface area (Å²) < 4.78 is 15.7. The van der Waals surface area contributed by atoms with Crippen LogP contribution in [0.25, 0.3) is 0 Å². The minimum atomic E-state index is -0.153. The zero-order valence-electron chi connectivity index (χ0n) is 11.7. The molecule has 0 amide bonds. The Bertz CT molecular complexity index is 438. The average Bonchev–Trinajstić information content (AvgIpc) is 2.39. The first kappa shape index (κ1) is 14.0. The lowest BCUT2D eigenvalue weighted by Crippen LogP contribution is -2.50. The van der Waals surface area contributed by atoms with Gasteiger partial charge in [-0.15, -0.1) is 0 Å². The maximum atomic E-state index is 9.40. The number of rotatable bonds is 6. The molecule has 106 valence electrons. The lowest BCUT2D eigenvalue weighted by atomic mass is 9.87. The van der Waals surface area contributed by atoms with E-state index in [1.165, 1.54) is 0 Å². The van der Waals surface area contributed by atoms with Gasteiger partial charge in [0.1, 0.15) is 0 Å². The van der Waals surface area contributed by atoms with Gasteiger partial charge >= 0.3 is 0 Å². The van der Waals surface area contributed by atoms with Crippen LogP contribution in [0.15, 0.2) is 12.1 Å². The van der Waals surface area contributed by atoms with Gasteiger partial charge in [0.2, 0.25) is 0 Å². The number of aryl methyl sites for hydroxylation is 1. The number of nitrogens with one attached hydrogen (secondary N) is 1. The molecule has 1 aromatic rings. The van der Waals surface area contributed by atoms with Gasteiger partial charge in [-0.1, -0.05) is 0 Å². The van der Waals surface area contributed by atoms with Gasteiger partial charge in [-0.3, -0.25) is 0 Å². The van der Waals surface area contributed by atoms with Crippen molar-refractivity contribution in [3.05, 3.63) is 17.7 Å². The predicted octanol–water partition coefficient (Wildman–Crippen LogP) is 1.43. The maximum absolute atomic E-state index is 9.40. The van der Waals surface area contributed by atoms with E-state index < -0.39 is 0 Å². The van der Waals surface area contributed by atoms with Crippen LogP contribution in [0.3, 0.4) is 0 Å². The number of ether oxygens (including phenoxy) is 3. The third kappa shape index (κ3) is 2.77. The van der Waals surface area contributed by atoms with Gasteiger partial charge in [0.15, 0.2) is 11.5 Å². The van der Waals surface area contributed by atoms with Gasteiger partial charge in [0.05, 0.1) is 39.5 Å². The second-order valence-electron chi connectivity index (χ2n) is 5.03. The monoisotopic (exact) mass is 267 g/mol. The summed E-state index contributed by atoms with van der Waals surface area (Å²) in [4.78, 5) is 0. The topological polar surface area (TPSA) is 60.0 Å². The number of aliphatic hydroxyl groups excluding tert-OH is 1. The van der Waals surface area contributed by atoms with E-state index in [2.05, 4.69) is 5.32 Å². The molecule has 0 aliphatic carbocycles. The Labute approximate surface area is 113 Å². The lowest BCUT2D eigenvalue weighted by molar-refractivity contribution is -0.128. The van der Waals surface area contributed by atoms with E-state index >= 15 is 0 Å². The van der Waals surface area contributed by atoms with E-state index in [0.29, 0.717) is 25.5 Å². The van der Waals surface area contributed by atoms with E-state index in [1.807, 2.05) is 19.1 Å². The van der Waals surface area contributed by atoms with Crippen molar-refractivity contribution in [1.82, 2.24) is 0 Å². The van der Waals surface area contributed by atoms with Crippen molar-refractivity contribution in [2.24, 2.45) is 5.41 Å². The second kappa shape index (κ2) is 5.67. The first-order chi connectivity index (χ1) is 9.14. The lowest BCUT2D eigenvalue weighted by Gasteiger charge is -2.40. The van der Waals surface area contributed by atoms with Crippen LogP contribution in [0.5, 0.6) is 11.5 Å². The van der Waals surface area contributed by atoms with Crippen molar-refractivity contribution in [3.63, 3.8) is 0 Å². The smallest absolute Gasteiger partial charge is 0.162 e. The van der Waals surface area contributed by atoms with Crippen molar-refractivity contribution >= 4 is 5.69 Å². The molecule has 2 N–H and O–H groups in total. The maximum Gasteiger partial charge on any atom is 0.162 e. The van der Waals surface area contributed by atoms with E-state index in [1.54, 1.807) is 14.2 Å². The Morgan fingerprint density at radius 1 is 1.26 bits per heavy atom. The Balaban J connectivity index is 2.11. The zero-order chi connectivity index (χ0) is 13.9. The van der Waals surface area contributed by atoms with Crippen LogP contribution in [0.1, 0.15) is 5.56 Å². The van der Waals surface area contributed by atoms with Gasteiger partial charge in [-0.25, -0.2) is 0 Å². The highest BCUT2D eigenvalue weighted by Crippen LogP contribution is 2.34. The summed E-state index contributed by atoms with van der Waals surface area (Å²) in [7, 11) is 3.24. The zero-order valence-corrected chi connectivity index (χ0v) is 11.7. The average molecular weight is 267 g/mol. The van der Waals surface area contributed by atoms with Crippen LogP contribution < -0.4 is 14.8 Å². The van der Waals surface area contributed by atoms with Crippen LogP contribution in [0, 0.1) is 12.3 Å². The summed E-state index contributed by atoms with van der Waals surface area (Å²) in [6.07, 6.45) is 0. The highest BCUT2D eigenvalue weighted by Gasteiger charge is 2.37. The van der Waals surface area contributed by atoms with Gasteiger partial charge in [0, 0.05) is 18.3 Å². The third-order valence-electron chi connectivity index (χ3n) is 3.54. The molecule has 1 aromatic carbocycles. The molecule has 1 aliphatic rings.